The molecule has 0 aromatic heterocycles. The molecule has 1 amide bonds. The molecule has 3 rings (SSSR count). The van der Waals surface area contributed by atoms with Gasteiger partial charge in [-0.25, -0.2) is 8.42 Å². The monoisotopic (exact) mass is 434 g/mol. The summed E-state index contributed by atoms with van der Waals surface area (Å²) in [7, 11) is -3.41. The average Bonchev–Trinajstić information content (AvgIpc) is 2.62. The number of nitrogens with one attached hydrogen (secondary N) is 1. The summed E-state index contributed by atoms with van der Waals surface area (Å²) in [4.78, 5) is 12.6. The molecule has 0 heterocycles. The van der Waals surface area contributed by atoms with Crippen molar-refractivity contribution in [3.05, 3.63) is 76.3 Å². The maximum absolute atomic E-state index is 12.6. The Kier molecular flexibility index (Phi) is 5.65. The number of carbonyl (C=O) groups excluding carboxylic acids is 1. The number of sulfone groups is 1. The molecule has 0 fully saturated rings. The summed E-state index contributed by atoms with van der Waals surface area (Å²) in [5.74, 6) is -0.467. The molecular weight excluding hydrogens is 419 g/mol. The molecular formula is C20H16Cl2N2O3S. The van der Waals surface area contributed by atoms with Gasteiger partial charge in [-0.1, -0.05) is 35.3 Å². The molecule has 3 aromatic carbocycles. The van der Waals surface area contributed by atoms with Crippen molar-refractivity contribution in [1.29, 1.82) is 0 Å². The molecule has 0 bridgehead atoms. The lowest BCUT2D eigenvalue weighted by Gasteiger charge is -2.11. The van der Waals surface area contributed by atoms with Gasteiger partial charge in [0, 0.05) is 28.2 Å². The highest BCUT2D eigenvalue weighted by atomic mass is 35.5. The second-order valence-corrected chi connectivity index (χ2v) is 9.02. The first kappa shape index (κ1) is 20.2. The number of benzene rings is 3. The predicted molar refractivity (Wildman–Crippen MR) is 114 cm³/mol. The first-order valence-corrected chi connectivity index (χ1v) is 10.8. The number of carbonyl (C=O) groups is 1. The Hall–Kier alpha value is -2.54. The standard InChI is InChI=1S/C20H16Cl2N2O3S/c1-28(26,27)15-6-7-16(19(22)11-15)20(25)24-14-5-8-18(21)17(10-14)12-3-2-4-13(23)9-12/h2-11H,23H2,1H3,(H,24,25). The highest BCUT2D eigenvalue weighted by Crippen LogP contribution is 2.32. The van der Waals surface area contributed by atoms with E-state index >= 15 is 0 Å². The lowest BCUT2D eigenvalue weighted by molar-refractivity contribution is 0.102. The third kappa shape index (κ3) is 4.47. The Bertz CT molecular complexity index is 1180. The van der Waals surface area contributed by atoms with Crippen LogP contribution in [0.1, 0.15) is 10.4 Å². The quantitative estimate of drug-likeness (QED) is 0.571. The van der Waals surface area contributed by atoms with Gasteiger partial charge in [0.15, 0.2) is 9.84 Å². The molecule has 0 aliphatic carbocycles. The normalized spacial score (nSPS) is 11.2. The van der Waals surface area contributed by atoms with Crippen LogP contribution in [0.25, 0.3) is 11.1 Å². The molecule has 3 aromatic rings. The number of hydrogen-bond donors (Lipinski definition) is 2. The van der Waals surface area contributed by atoms with Crippen molar-refractivity contribution in [3.8, 4) is 11.1 Å². The van der Waals surface area contributed by atoms with Gasteiger partial charge in [0.25, 0.3) is 5.91 Å². The zero-order valence-electron chi connectivity index (χ0n) is 14.7. The van der Waals surface area contributed by atoms with Gasteiger partial charge in [0.2, 0.25) is 0 Å². The summed E-state index contributed by atoms with van der Waals surface area (Å²) in [5.41, 5.74) is 8.63. The minimum atomic E-state index is -3.41. The van der Waals surface area contributed by atoms with Crippen molar-refractivity contribution in [2.24, 2.45) is 0 Å². The van der Waals surface area contributed by atoms with Crippen LogP contribution >= 0.6 is 23.2 Å². The van der Waals surface area contributed by atoms with Crippen LogP contribution in [-0.4, -0.2) is 20.6 Å². The lowest BCUT2D eigenvalue weighted by Crippen LogP contribution is -2.13. The van der Waals surface area contributed by atoms with Crippen molar-refractivity contribution < 1.29 is 13.2 Å². The Morgan fingerprint density at radius 2 is 1.71 bits per heavy atom. The highest BCUT2D eigenvalue weighted by molar-refractivity contribution is 7.90. The largest absolute Gasteiger partial charge is 0.399 e. The van der Waals surface area contributed by atoms with Gasteiger partial charge < -0.3 is 11.1 Å². The molecule has 8 heteroatoms. The van der Waals surface area contributed by atoms with E-state index in [1.54, 1.807) is 30.3 Å². The maximum Gasteiger partial charge on any atom is 0.257 e. The summed E-state index contributed by atoms with van der Waals surface area (Å²) in [6.45, 7) is 0. The van der Waals surface area contributed by atoms with Crippen LogP contribution in [0, 0.1) is 0 Å². The van der Waals surface area contributed by atoms with E-state index in [9.17, 15) is 13.2 Å². The second-order valence-electron chi connectivity index (χ2n) is 6.19. The molecule has 0 saturated heterocycles. The van der Waals surface area contributed by atoms with E-state index in [1.807, 2.05) is 12.1 Å². The van der Waals surface area contributed by atoms with Crippen LogP contribution in [0.5, 0.6) is 0 Å². The van der Waals surface area contributed by atoms with Crippen LogP contribution < -0.4 is 11.1 Å². The molecule has 5 nitrogen and oxygen atoms in total. The molecule has 0 atom stereocenters. The summed E-state index contributed by atoms with van der Waals surface area (Å²) in [6, 6.07) is 16.3. The minimum absolute atomic E-state index is 0.0458. The number of amides is 1. The fourth-order valence-electron chi connectivity index (χ4n) is 2.64. The summed E-state index contributed by atoms with van der Waals surface area (Å²) < 4.78 is 23.2. The fraction of sp³-hybridized carbons (Fsp3) is 0.0500. The number of anilines is 2. The first-order chi connectivity index (χ1) is 13.1. The lowest BCUT2D eigenvalue weighted by atomic mass is 10.0. The average molecular weight is 435 g/mol. The van der Waals surface area contributed by atoms with Crippen molar-refractivity contribution >= 4 is 50.3 Å². The van der Waals surface area contributed by atoms with Crippen molar-refractivity contribution in [3.63, 3.8) is 0 Å². The summed E-state index contributed by atoms with van der Waals surface area (Å²) in [6.07, 6.45) is 1.07. The summed E-state index contributed by atoms with van der Waals surface area (Å²) in [5, 5.41) is 3.31. The Balaban J connectivity index is 1.90. The molecule has 0 spiro atoms. The summed E-state index contributed by atoms with van der Waals surface area (Å²) >= 11 is 12.4. The van der Waals surface area contributed by atoms with Crippen molar-refractivity contribution in [2.45, 2.75) is 4.90 Å². The van der Waals surface area contributed by atoms with Crippen LogP contribution in [0.15, 0.2) is 65.6 Å². The van der Waals surface area contributed by atoms with Crippen LogP contribution in [-0.2, 0) is 9.84 Å². The molecule has 28 heavy (non-hydrogen) atoms. The van der Waals surface area contributed by atoms with Crippen LogP contribution in [0.4, 0.5) is 11.4 Å². The predicted octanol–water partition coefficient (Wildman–Crippen LogP) is 4.90. The number of nitrogen functional groups attached to an aromatic ring is 1. The van der Waals surface area contributed by atoms with Crippen LogP contribution in [0.2, 0.25) is 10.0 Å². The molecule has 3 N–H and O–H groups in total. The Morgan fingerprint density at radius 1 is 0.964 bits per heavy atom. The molecule has 0 aliphatic heterocycles. The van der Waals surface area contributed by atoms with Crippen LogP contribution in [0.3, 0.4) is 0 Å². The maximum atomic E-state index is 12.6. The van der Waals surface area contributed by atoms with Gasteiger partial charge in [-0.15, -0.1) is 0 Å². The fourth-order valence-corrected chi connectivity index (χ4v) is 3.84. The number of nitrogens with two attached hydrogens (primary N) is 1. The van der Waals surface area contributed by atoms with E-state index in [2.05, 4.69) is 5.32 Å². The Morgan fingerprint density at radius 3 is 2.36 bits per heavy atom. The molecule has 0 saturated carbocycles. The van der Waals surface area contributed by atoms with E-state index in [4.69, 9.17) is 28.9 Å². The van der Waals surface area contributed by atoms with Gasteiger partial charge >= 0.3 is 0 Å². The number of hydrogen-bond acceptors (Lipinski definition) is 4. The molecule has 0 aliphatic rings. The van der Waals surface area contributed by atoms with Gasteiger partial charge in [-0.2, -0.15) is 0 Å². The Labute approximate surface area is 173 Å². The zero-order valence-corrected chi connectivity index (χ0v) is 17.1. The van der Waals surface area contributed by atoms with E-state index in [0.717, 1.165) is 11.8 Å². The highest BCUT2D eigenvalue weighted by Gasteiger charge is 2.15. The smallest absolute Gasteiger partial charge is 0.257 e. The zero-order chi connectivity index (χ0) is 20.5. The first-order valence-electron chi connectivity index (χ1n) is 8.11. The third-order valence-corrected chi connectivity index (χ3v) is 5.79. The van der Waals surface area contributed by atoms with E-state index in [1.165, 1.54) is 18.2 Å². The third-order valence-electron chi connectivity index (χ3n) is 4.04. The molecule has 144 valence electrons. The molecule has 0 radical (unpaired) electrons. The van der Waals surface area contributed by atoms with Crippen molar-refractivity contribution in [2.75, 3.05) is 17.3 Å². The van der Waals surface area contributed by atoms with Gasteiger partial charge in [0.05, 0.1) is 15.5 Å². The number of rotatable bonds is 4. The van der Waals surface area contributed by atoms with E-state index in [0.29, 0.717) is 22.0 Å². The van der Waals surface area contributed by atoms with Crippen molar-refractivity contribution in [1.82, 2.24) is 0 Å². The van der Waals surface area contributed by atoms with E-state index < -0.39 is 15.7 Å². The minimum Gasteiger partial charge on any atom is -0.399 e. The topological polar surface area (TPSA) is 89.3 Å². The van der Waals surface area contributed by atoms with Gasteiger partial charge in [0.1, 0.15) is 0 Å². The second kappa shape index (κ2) is 7.83. The van der Waals surface area contributed by atoms with E-state index in [-0.39, 0.29) is 15.5 Å². The van der Waals surface area contributed by atoms with Gasteiger partial charge in [-0.05, 0) is 54.1 Å². The number of halogens is 2. The van der Waals surface area contributed by atoms with Gasteiger partial charge in [-0.3, -0.25) is 4.79 Å². The SMILES string of the molecule is CS(=O)(=O)c1ccc(C(=O)Nc2ccc(Cl)c(-c3cccc(N)c3)c2)c(Cl)c1. The molecule has 0 unspecified atom stereocenters.